The van der Waals surface area contributed by atoms with E-state index in [4.69, 9.17) is 4.99 Å². The molecule has 0 aliphatic heterocycles. The predicted molar refractivity (Wildman–Crippen MR) is 209 cm³/mol. The highest BCUT2D eigenvalue weighted by Gasteiger charge is 2.14. The van der Waals surface area contributed by atoms with Crippen LogP contribution in [0.2, 0.25) is 0 Å². The summed E-state index contributed by atoms with van der Waals surface area (Å²) in [7, 11) is 1.81. The molecule has 0 bridgehead atoms. The summed E-state index contributed by atoms with van der Waals surface area (Å²) >= 11 is 0. The normalized spacial score (nSPS) is 11.7. The summed E-state index contributed by atoms with van der Waals surface area (Å²) < 4.78 is 2.10. The van der Waals surface area contributed by atoms with Gasteiger partial charge in [-0.05, 0) is 87.6 Å². The molecule has 4 nitrogen and oxygen atoms in total. The van der Waals surface area contributed by atoms with Crippen LogP contribution in [0.4, 0.5) is 0 Å². The molecule has 0 saturated heterocycles. The van der Waals surface area contributed by atoms with Gasteiger partial charge in [-0.25, -0.2) is 0 Å². The highest BCUT2D eigenvalue weighted by molar-refractivity contribution is 5.98. The Labute approximate surface area is 281 Å². The van der Waals surface area contributed by atoms with E-state index in [2.05, 4.69) is 141 Å². The van der Waals surface area contributed by atoms with E-state index in [1.165, 1.54) is 29.5 Å². The molecule has 0 radical (unpaired) electrons. The van der Waals surface area contributed by atoms with E-state index in [-0.39, 0.29) is 0 Å². The average molecular weight is 623 g/mol. The molecule has 0 spiro atoms. The van der Waals surface area contributed by atoms with Crippen LogP contribution in [0.15, 0.2) is 58.4 Å². The third-order valence-corrected chi connectivity index (χ3v) is 6.45. The Morgan fingerprint density at radius 2 is 1.42 bits per heavy atom. The van der Waals surface area contributed by atoms with Gasteiger partial charge in [-0.3, -0.25) is 14.7 Å². The molecule has 0 amide bonds. The third kappa shape index (κ3) is 21.6. The number of aliphatic imine (C=N–C) groups is 2. The lowest BCUT2D eigenvalue weighted by Crippen LogP contribution is -2.06. The first-order valence-corrected chi connectivity index (χ1v) is 17.5. The molecule has 0 fully saturated rings. The van der Waals surface area contributed by atoms with Crippen LogP contribution in [0, 0.1) is 18.3 Å². The van der Waals surface area contributed by atoms with Gasteiger partial charge in [0.25, 0.3) is 0 Å². The van der Waals surface area contributed by atoms with Crippen LogP contribution in [0.3, 0.4) is 0 Å². The van der Waals surface area contributed by atoms with Crippen molar-refractivity contribution in [2.24, 2.45) is 21.3 Å². The van der Waals surface area contributed by atoms with E-state index in [0.717, 1.165) is 47.0 Å². The third-order valence-electron chi connectivity index (χ3n) is 6.45. The average Bonchev–Trinajstić information content (AvgIpc) is 3.46. The lowest BCUT2D eigenvalue weighted by atomic mass is 9.93. The van der Waals surface area contributed by atoms with Crippen molar-refractivity contribution in [3.63, 3.8) is 0 Å². The zero-order valence-electron chi connectivity index (χ0n) is 33.3. The second kappa shape index (κ2) is 26.5. The van der Waals surface area contributed by atoms with Gasteiger partial charge >= 0.3 is 0 Å². The van der Waals surface area contributed by atoms with Crippen LogP contribution in [0.5, 0.6) is 0 Å². The molecule has 0 N–H and O–H groups in total. The number of hydrogen-bond donors (Lipinski definition) is 0. The molecular formula is C41H74N4. The molecule has 2 rings (SSSR count). The molecule has 0 atom stereocenters. The molecule has 1 heterocycles. The largest absolute Gasteiger partial charge is 0.293 e. The van der Waals surface area contributed by atoms with Crippen LogP contribution < -0.4 is 0 Å². The standard InChI is InChI=1S/C26H36N4.C6H14.C4H10.C3H8.C2H6/c1-9-23(10-2)30-17-22(16-28-30)21-13-12-19(6)25(15-21)24(11-3)26(29-18(4)5)14-20(7)27-8;1-5-6(2,3)4;1-4(2)3;1-3-2;1-2/h11-17,23H,9-10H2,1-8H3;5H2,1-4H3;4H,1-3H3;3H2,1-2H3;1-2H3/b24-11+,26-14-,27-20?;;;;. The highest BCUT2D eigenvalue weighted by atomic mass is 15.3. The highest BCUT2D eigenvalue weighted by Crippen LogP contribution is 2.32. The van der Waals surface area contributed by atoms with Crippen LogP contribution in [-0.2, 0) is 0 Å². The van der Waals surface area contributed by atoms with Gasteiger partial charge in [0.15, 0.2) is 0 Å². The molecule has 2 aromatic rings. The van der Waals surface area contributed by atoms with E-state index in [0.29, 0.717) is 11.5 Å². The maximum atomic E-state index is 4.82. The molecule has 1 aromatic carbocycles. The van der Waals surface area contributed by atoms with Crippen LogP contribution in [-0.4, -0.2) is 28.3 Å². The van der Waals surface area contributed by atoms with Crippen molar-refractivity contribution in [2.45, 2.75) is 156 Å². The fourth-order valence-electron chi connectivity index (χ4n) is 3.56. The Hall–Kier alpha value is -2.75. The van der Waals surface area contributed by atoms with E-state index in [1.807, 2.05) is 47.9 Å². The Morgan fingerprint density at radius 1 is 0.933 bits per heavy atom. The van der Waals surface area contributed by atoms with Crippen molar-refractivity contribution in [1.29, 1.82) is 0 Å². The summed E-state index contributed by atoms with van der Waals surface area (Å²) in [4.78, 5) is 9.12. The summed E-state index contributed by atoms with van der Waals surface area (Å²) in [5.74, 6) is 0.833. The van der Waals surface area contributed by atoms with Gasteiger partial charge in [-0.15, -0.1) is 0 Å². The minimum atomic E-state index is 0.447. The quantitative estimate of drug-likeness (QED) is 0.213. The lowest BCUT2D eigenvalue weighted by molar-refractivity contribution is 0.398. The Kier molecular flexibility index (Phi) is 27.4. The molecule has 0 aliphatic carbocycles. The number of aromatic nitrogens is 2. The molecule has 0 aliphatic rings. The van der Waals surface area contributed by atoms with E-state index in [9.17, 15) is 0 Å². The summed E-state index contributed by atoms with van der Waals surface area (Å²) in [6.45, 7) is 38.4. The topological polar surface area (TPSA) is 42.5 Å². The van der Waals surface area contributed by atoms with Crippen LogP contribution in [0.1, 0.15) is 161 Å². The molecular weight excluding hydrogens is 548 g/mol. The minimum Gasteiger partial charge on any atom is -0.293 e. The summed E-state index contributed by atoms with van der Waals surface area (Å²) in [5, 5.41) is 4.63. The van der Waals surface area contributed by atoms with Crippen molar-refractivity contribution in [1.82, 2.24) is 9.78 Å². The van der Waals surface area contributed by atoms with Crippen molar-refractivity contribution < 1.29 is 0 Å². The molecule has 0 unspecified atom stereocenters. The van der Waals surface area contributed by atoms with E-state index >= 15 is 0 Å². The minimum absolute atomic E-state index is 0.447. The molecule has 4 heteroatoms. The van der Waals surface area contributed by atoms with Gasteiger partial charge in [0.1, 0.15) is 0 Å². The lowest BCUT2D eigenvalue weighted by Gasteiger charge is -2.14. The zero-order chi connectivity index (χ0) is 35.8. The van der Waals surface area contributed by atoms with Crippen LogP contribution in [0.25, 0.3) is 16.7 Å². The van der Waals surface area contributed by atoms with Crippen LogP contribution >= 0.6 is 0 Å². The first kappa shape index (κ1) is 46.7. The second-order valence-corrected chi connectivity index (χ2v) is 13.2. The maximum Gasteiger partial charge on any atom is 0.0721 e. The fraction of sp³-hybridized carbons (Fsp3) is 0.634. The zero-order valence-corrected chi connectivity index (χ0v) is 33.3. The van der Waals surface area contributed by atoms with Crippen molar-refractivity contribution >= 4 is 17.0 Å². The Bertz CT molecular complexity index is 1140. The van der Waals surface area contributed by atoms with Crippen molar-refractivity contribution in [3.8, 4) is 11.1 Å². The van der Waals surface area contributed by atoms with Crippen molar-refractivity contribution in [3.05, 3.63) is 59.6 Å². The monoisotopic (exact) mass is 623 g/mol. The number of rotatable bonds is 8. The smallest absolute Gasteiger partial charge is 0.0721 e. The SMILES string of the molecule is C/C=C(/C(=C/C(C)=NC)N=C(C)C)c1cc(-c2cnn(C(CC)CC)c2)ccc1C.CC.CC(C)C.CCC.CCC(C)(C)C. The number of benzene rings is 1. The summed E-state index contributed by atoms with van der Waals surface area (Å²) in [5.41, 5.74) is 9.29. The maximum absolute atomic E-state index is 4.82. The predicted octanol–water partition coefficient (Wildman–Crippen LogP) is 13.6. The molecule has 45 heavy (non-hydrogen) atoms. The first-order valence-electron chi connectivity index (χ1n) is 17.5. The second-order valence-electron chi connectivity index (χ2n) is 13.2. The van der Waals surface area contributed by atoms with Gasteiger partial charge < -0.3 is 0 Å². The van der Waals surface area contributed by atoms with Gasteiger partial charge in [0, 0.05) is 35.8 Å². The number of aryl methyl sites for hydroxylation is 1. The summed E-state index contributed by atoms with van der Waals surface area (Å²) in [6.07, 6.45) is 13.0. The van der Waals surface area contributed by atoms with Gasteiger partial charge in [0.05, 0.1) is 17.9 Å². The summed E-state index contributed by atoms with van der Waals surface area (Å²) in [6, 6.07) is 7.06. The molecule has 0 saturated carbocycles. The number of nitrogens with zero attached hydrogens (tertiary/aromatic N) is 4. The molecule has 258 valence electrons. The molecule has 1 aromatic heterocycles. The van der Waals surface area contributed by atoms with Gasteiger partial charge in [-0.1, -0.05) is 121 Å². The van der Waals surface area contributed by atoms with Gasteiger partial charge in [0.2, 0.25) is 0 Å². The Morgan fingerprint density at radius 3 is 1.80 bits per heavy atom. The fourth-order valence-corrected chi connectivity index (χ4v) is 3.56. The van der Waals surface area contributed by atoms with Gasteiger partial charge in [-0.2, -0.15) is 5.10 Å². The Balaban J connectivity index is -0.000000982. The van der Waals surface area contributed by atoms with E-state index < -0.39 is 0 Å². The number of hydrogen-bond acceptors (Lipinski definition) is 3. The van der Waals surface area contributed by atoms with Crippen molar-refractivity contribution in [2.75, 3.05) is 7.05 Å². The van der Waals surface area contributed by atoms with E-state index in [1.54, 1.807) is 0 Å². The first-order chi connectivity index (χ1) is 21.0. The number of allylic oxidation sites excluding steroid dienone is 3.